The fraction of sp³-hybridized carbons (Fsp3) is 0.0588. The van der Waals surface area contributed by atoms with Gasteiger partial charge in [-0.1, -0.05) is 29.8 Å². The molecule has 4 aliphatic carbocycles. The standard InChI is InChI=1S/C68H10/c1-7-3-2-4-8(5-7)6-68-65-61-55-41-33-25-13-10-9-11-14(13)26-28-24-18(11)20-16-12(9)15-19-17(10)23-27(25)39(41)47-45-31(23)29(19)37-35-21(15)22(16)36-38-30(20)32(24)46-48-40(28)42(34(26)33)56(55)62(65)58(48)60-52(46)50(38)54-44(36)43(35)53-49(37)51(45)59(57(47)61)66(68)63(53)64(54)67(60)68/h2-5,65H,6H2,1H3. The van der Waals surface area contributed by atoms with E-state index in [1.54, 1.807) is 313 Å². The second-order valence-electron chi connectivity index (χ2n) is 25.4. The molecule has 33 rings (SSSR count). The van der Waals surface area contributed by atoms with Crippen molar-refractivity contribution in [1.29, 1.82) is 0 Å². The number of aryl methyl sites for hydroxylation is 1. The SMILES string of the molecule is Cc1cccc(CC23c4c5c6c7c8c9c(c%10c%11c2c2c4c4c%12c5c5c6c6c8c8c%13c9c9c%10c%10c%11c%11c2c2c4c4c%12c%12c5c5c6c8c6c8c%13c9c9c%10c%10c%11c2c2c4c4c%12c5c6c5c8c9c%10c2c45)C73)c1. The molecule has 0 nitrogen and oxygen atoms in total. The molecule has 282 valence electrons. The van der Waals surface area contributed by atoms with Crippen LogP contribution in [0.1, 0.15) is 39.3 Å². The van der Waals surface area contributed by atoms with E-state index < -0.39 is 0 Å². The van der Waals surface area contributed by atoms with Gasteiger partial charge in [0.15, 0.2) is 0 Å². The van der Waals surface area contributed by atoms with E-state index in [1.165, 1.54) is 11.1 Å². The van der Waals surface area contributed by atoms with E-state index in [-0.39, 0.29) is 5.41 Å². The van der Waals surface area contributed by atoms with Gasteiger partial charge in [-0.2, -0.15) is 0 Å². The monoisotopic (exact) mass is 826 g/mol. The molecule has 0 unspecified atom stereocenters. The van der Waals surface area contributed by atoms with Gasteiger partial charge in [0.2, 0.25) is 0 Å². The van der Waals surface area contributed by atoms with Gasteiger partial charge in [-0.15, -0.1) is 0 Å². The lowest BCUT2D eigenvalue weighted by Gasteiger charge is -2.45. The van der Waals surface area contributed by atoms with E-state index in [9.17, 15) is 0 Å². The summed E-state index contributed by atoms with van der Waals surface area (Å²) in [6.07, 6.45) is 1.06. The molecule has 68 heavy (non-hydrogen) atoms. The summed E-state index contributed by atoms with van der Waals surface area (Å²) in [6.45, 7) is 2.34. The summed E-state index contributed by atoms with van der Waals surface area (Å²) in [5, 5.41) is 90.7. The van der Waals surface area contributed by atoms with Crippen LogP contribution in [0.15, 0.2) is 24.3 Å². The van der Waals surface area contributed by atoms with E-state index in [0.717, 1.165) is 6.42 Å². The van der Waals surface area contributed by atoms with Gasteiger partial charge in [-0.05, 0) is 332 Å². The topological polar surface area (TPSA) is 0 Å². The first-order valence-electron chi connectivity index (χ1n) is 25.6. The summed E-state index contributed by atoms with van der Waals surface area (Å²) < 4.78 is 0. The van der Waals surface area contributed by atoms with Crippen molar-refractivity contribution in [2.45, 2.75) is 24.7 Å². The van der Waals surface area contributed by atoms with Crippen LogP contribution in [0, 0.1) is 6.92 Å². The second kappa shape index (κ2) is 5.66. The highest BCUT2D eigenvalue weighted by atomic mass is 14.6. The molecular weight excluding hydrogens is 817 g/mol. The molecule has 0 aromatic heterocycles. The van der Waals surface area contributed by atoms with Crippen molar-refractivity contribution in [1.82, 2.24) is 0 Å². The summed E-state index contributed by atoms with van der Waals surface area (Å²) in [6, 6.07) is 9.84. The molecule has 0 heterocycles. The third-order valence-corrected chi connectivity index (χ3v) is 24.9. The van der Waals surface area contributed by atoms with Crippen molar-refractivity contribution in [2.75, 3.05) is 0 Å². The summed E-state index contributed by atoms with van der Waals surface area (Å²) in [5.41, 5.74) is 9.83. The van der Waals surface area contributed by atoms with Gasteiger partial charge < -0.3 is 0 Å². The van der Waals surface area contributed by atoms with Gasteiger partial charge >= 0.3 is 0 Å². The largest absolute Gasteiger partial charge is 0.0617 e. The molecule has 0 amide bonds. The van der Waals surface area contributed by atoms with E-state index >= 15 is 0 Å². The van der Waals surface area contributed by atoms with Crippen LogP contribution in [0.25, 0.3) is 291 Å². The lowest BCUT2D eigenvalue weighted by atomic mass is 9.55. The molecule has 0 N–H and O–H groups in total. The van der Waals surface area contributed by atoms with E-state index in [2.05, 4.69) is 31.2 Å². The molecule has 0 saturated carbocycles. The normalized spacial score (nSPS) is 21.0. The third-order valence-electron chi connectivity index (χ3n) is 24.9. The van der Waals surface area contributed by atoms with Crippen molar-refractivity contribution >= 4 is 291 Å². The van der Waals surface area contributed by atoms with Gasteiger partial charge in [0, 0.05) is 11.3 Å². The summed E-state index contributed by atoms with van der Waals surface area (Å²) in [7, 11) is 0. The van der Waals surface area contributed by atoms with Crippen LogP contribution in [-0.4, -0.2) is 0 Å². The first-order valence-corrected chi connectivity index (χ1v) is 25.6. The third kappa shape index (κ3) is 1.33. The van der Waals surface area contributed by atoms with Gasteiger partial charge in [0.25, 0.3) is 0 Å². The van der Waals surface area contributed by atoms with Crippen LogP contribution in [0.3, 0.4) is 0 Å². The zero-order valence-corrected chi connectivity index (χ0v) is 35.1. The lowest BCUT2D eigenvalue weighted by molar-refractivity contribution is 0.472. The molecule has 0 spiro atoms. The lowest BCUT2D eigenvalue weighted by Crippen LogP contribution is -2.39. The Morgan fingerprint density at radius 2 is 0.471 bits per heavy atom. The predicted octanol–water partition coefficient (Wildman–Crippen LogP) is 18.7. The Labute approximate surface area is 371 Å². The van der Waals surface area contributed by atoms with Crippen molar-refractivity contribution in [3.63, 3.8) is 0 Å². The zero-order chi connectivity index (χ0) is 40.3. The second-order valence-corrected chi connectivity index (χ2v) is 25.4. The average Bonchev–Trinajstić information content (AvgIpc) is 4.28. The smallest absolute Gasteiger partial charge is 0.0378 e. The van der Waals surface area contributed by atoms with E-state index in [0.29, 0.717) is 5.92 Å². The maximum Gasteiger partial charge on any atom is 0.0378 e. The minimum Gasteiger partial charge on any atom is -0.0617 e. The Balaban J connectivity index is 1.20. The molecule has 0 saturated heterocycles. The molecule has 0 fully saturated rings. The summed E-state index contributed by atoms with van der Waals surface area (Å²) in [5.74, 6) is 0.300. The van der Waals surface area contributed by atoms with Crippen LogP contribution in [0.2, 0.25) is 0 Å². The molecule has 0 bridgehead atoms. The van der Waals surface area contributed by atoms with Crippen LogP contribution in [-0.2, 0) is 11.8 Å². The quantitative estimate of drug-likeness (QED) is 0.152. The highest BCUT2D eigenvalue weighted by Crippen LogP contribution is 2.83. The first-order chi connectivity index (χ1) is 33.8. The molecule has 0 aliphatic heterocycles. The minimum absolute atomic E-state index is 0.195. The van der Waals surface area contributed by atoms with Crippen molar-refractivity contribution in [2.24, 2.45) is 0 Å². The summed E-state index contributed by atoms with van der Waals surface area (Å²) in [4.78, 5) is 0. The number of benzene rings is 19. The number of rotatable bonds is 2. The highest BCUT2D eigenvalue weighted by Gasteiger charge is 2.63. The van der Waals surface area contributed by atoms with Gasteiger partial charge in [0.05, 0.1) is 0 Å². The van der Waals surface area contributed by atoms with Crippen molar-refractivity contribution in [3.05, 3.63) is 57.6 Å². The minimum atomic E-state index is -0.195. The average molecular weight is 827 g/mol. The van der Waals surface area contributed by atoms with Crippen molar-refractivity contribution in [3.8, 4) is 0 Å². The van der Waals surface area contributed by atoms with Gasteiger partial charge in [-0.3, -0.25) is 0 Å². The van der Waals surface area contributed by atoms with Gasteiger partial charge in [0.1, 0.15) is 0 Å². The van der Waals surface area contributed by atoms with Gasteiger partial charge in [-0.25, -0.2) is 0 Å². The number of hydrogen-bond donors (Lipinski definition) is 0. The Morgan fingerprint density at radius 3 is 0.721 bits per heavy atom. The molecule has 0 radical (unpaired) electrons. The van der Waals surface area contributed by atoms with Crippen LogP contribution < -0.4 is 0 Å². The van der Waals surface area contributed by atoms with Crippen LogP contribution >= 0.6 is 0 Å². The Hall–Kier alpha value is -8.32. The maximum absolute atomic E-state index is 2.59. The highest BCUT2D eigenvalue weighted by molar-refractivity contribution is 6.82. The Bertz CT molecular complexity index is 7050. The number of hydrogen-bond acceptors (Lipinski definition) is 0. The molecule has 0 atom stereocenters. The van der Waals surface area contributed by atoms with E-state index in [4.69, 9.17) is 0 Å². The molecule has 4 aliphatic rings. The Morgan fingerprint density at radius 1 is 0.265 bits per heavy atom. The predicted molar refractivity (Wildman–Crippen MR) is 290 cm³/mol. The zero-order valence-electron chi connectivity index (χ0n) is 35.1. The fourth-order valence-corrected chi connectivity index (χ4v) is 24.8. The molecular formula is C68H10. The first kappa shape index (κ1) is 25.0. The van der Waals surface area contributed by atoms with Crippen molar-refractivity contribution < 1.29 is 0 Å². The fourth-order valence-electron chi connectivity index (χ4n) is 24.8. The summed E-state index contributed by atoms with van der Waals surface area (Å²) >= 11 is 0. The van der Waals surface area contributed by atoms with Crippen LogP contribution in [0.5, 0.6) is 0 Å². The molecule has 0 heteroatoms. The Kier molecular flexibility index (Phi) is 2.08. The van der Waals surface area contributed by atoms with Crippen LogP contribution in [0.4, 0.5) is 0 Å². The molecule has 29 aromatic rings. The van der Waals surface area contributed by atoms with E-state index in [1.807, 2.05) is 0 Å². The maximum atomic E-state index is 2.59. The molecule has 29 aromatic carbocycles.